The van der Waals surface area contributed by atoms with Crippen LogP contribution in [-0.2, 0) is 22.7 Å². The van der Waals surface area contributed by atoms with Gasteiger partial charge in [0.25, 0.3) is 0 Å². The highest BCUT2D eigenvalue weighted by molar-refractivity contribution is 5.78. The van der Waals surface area contributed by atoms with Crippen LogP contribution in [0.2, 0.25) is 0 Å². The van der Waals surface area contributed by atoms with E-state index in [2.05, 4.69) is 10.3 Å². The van der Waals surface area contributed by atoms with E-state index in [1.165, 1.54) is 4.68 Å². The van der Waals surface area contributed by atoms with Gasteiger partial charge in [0, 0.05) is 19.6 Å². The second-order valence-electron chi connectivity index (χ2n) is 4.83. The van der Waals surface area contributed by atoms with Crippen LogP contribution in [0, 0.1) is 11.8 Å². The van der Waals surface area contributed by atoms with Gasteiger partial charge >= 0.3 is 5.97 Å². The van der Waals surface area contributed by atoms with E-state index in [-0.39, 0.29) is 31.5 Å². The van der Waals surface area contributed by atoms with E-state index in [9.17, 15) is 9.59 Å². The fourth-order valence-corrected chi connectivity index (χ4v) is 2.24. The minimum Gasteiger partial charge on any atom is -0.481 e. The van der Waals surface area contributed by atoms with Crippen LogP contribution in [0.1, 0.15) is 12.6 Å². The summed E-state index contributed by atoms with van der Waals surface area (Å²) < 4.78 is 1.42. The first-order valence-corrected chi connectivity index (χ1v) is 6.11. The smallest absolute Gasteiger partial charge is 0.308 e. The zero-order valence-electron chi connectivity index (χ0n) is 10.7. The molecular weight excluding hydrogens is 250 g/mol. The van der Waals surface area contributed by atoms with Crippen molar-refractivity contribution in [3.8, 4) is 0 Å². The van der Waals surface area contributed by atoms with Crippen LogP contribution >= 0.6 is 0 Å². The quantitative estimate of drug-likeness (QED) is 0.717. The van der Waals surface area contributed by atoms with Gasteiger partial charge in [-0.2, -0.15) is 0 Å². The van der Waals surface area contributed by atoms with E-state index >= 15 is 0 Å². The molecule has 0 unspecified atom stereocenters. The number of nitrogens with zero attached hydrogens (tertiary/aromatic N) is 4. The Balaban J connectivity index is 1.96. The maximum absolute atomic E-state index is 12.0. The Morgan fingerprint density at radius 3 is 2.79 bits per heavy atom. The second-order valence-corrected chi connectivity index (χ2v) is 4.83. The van der Waals surface area contributed by atoms with Crippen molar-refractivity contribution < 1.29 is 14.7 Å². The third-order valence-electron chi connectivity index (χ3n) is 3.37. The van der Waals surface area contributed by atoms with Crippen LogP contribution in [0.3, 0.4) is 0 Å². The average molecular weight is 267 g/mol. The number of amides is 1. The summed E-state index contributed by atoms with van der Waals surface area (Å²) in [6.07, 6.45) is 1.62. The molecule has 0 radical (unpaired) electrons. The Bertz CT molecular complexity index is 486. The molecule has 104 valence electrons. The molecule has 1 aromatic rings. The minimum atomic E-state index is -0.853. The minimum absolute atomic E-state index is 0.0307. The molecule has 0 spiro atoms. The van der Waals surface area contributed by atoms with E-state index in [0.29, 0.717) is 12.2 Å². The molecule has 1 fully saturated rings. The summed E-state index contributed by atoms with van der Waals surface area (Å²) in [5.41, 5.74) is 6.03. The van der Waals surface area contributed by atoms with Gasteiger partial charge in [-0.3, -0.25) is 9.59 Å². The summed E-state index contributed by atoms with van der Waals surface area (Å²) in [5.74, 6) is -1.52. The zero-order chi connectivity index (χ0) is 14.0. The highest BCUT2D eigenvalue weighted by Crippen LogP contribution is 2.23. The van der Waals surface area contributed by atoms with Crippen molar-refractivity contribution in [3.63, 3.8) is 0 Å². The van der Waals surface area contributed by atoms with Crippen molar-refractivity contribution in [2.45, 2.75) is 20.0 Å². The van der Waals surface area contributed by atoms with Crippen molar-refractivity contribution in [2.75, 3.05) is 13.1 Å². The first-order chi connectivity index (χ1) is 9.01. The summed E-state index contributed by atoms with van der Waals surface area (Å²) in [6.45, 7) is 2.90. The molecule has 0 bridgehead atoms. The van der Waals surface area contributed by atoms with Crippen LogP contribution < -0.4 is 5.73 Å². The maximum Gasteiger partial charge on any atom is 0.308 e. The number of carboxylic acid groups (broad SMARTS) is 1. The van der Waals surface area contributed by atoms with Gasteiger partial charge in [-0.15, -0.1) is 5.10 Å². The van der Waals surface area contributed by atoms with Crippen molar-refractivity contribution in [1.82, 2.24) is 19.9 Å². The van der Waals surface area contributed by atoms with E-state index in [1.54, 1.807) is 11.1 Å². The molecule has 0 aromatic carbocycles. The number of nitrogens with two attached hydrogens (primary N) is 1. The third kappa shape index (κ3) is 2.90. The predicted octanol–water partition coefficient (Wildman–Crippen LogP) is -1.08. The summed E-state index contributed by atoms with van der Waals surface area (Å²) >= 11 is 0. The molecule has 0 saturated carbocycles. The number of aromatic nitrogens is 3. The summed E-state index contributed by atoms with van der Waals surface area (Å²) in [7, 11) is 0. The van der Waals surface area contributed by atoms with Gasteiger partial charge in [0.1, 0.15) is 6.54 Å². The molecule has 1 saturated heterocycles. The number of aliphatic carboxylic acids is 1. The highest BCUT2D eigenvalue weighted by Gasteiger charge is 2.36. The van der Waals surface area contributed by atoms with Crippen molar-refractivity contribution in [1.29, 1.82) is 0 Å². The number of carbonyl (C=O) groups excluding carboxylic acids is 1. The molecule has 3 N–H and O–H groups in total. The first-order valence-electron chi connectivity index (χ1n) is 6.11. The SMILES string of the molecule is C[C@@H]1CN(C(=O)Cn2cc(CN)nn2)C[C@H]1C(=O)O. The van der Waals surface area contributed by atoms with Crippen molar-refractivity contribution in [3.05, 3.63) is 11.9 Å². The van der Waals surface area contributed by atoms with Gasteiger partial charge in [-0.05, 0) is 5.92 Å². The Morgan fingerprint density at radius 1 is 1.53 bits per heavy atom. The van der Waals surface area contributed by atoms with E-state index in [1.807, 2.05) is 6.92 Å². The monoisotopic (exact) mass is 267 g/mol. The average Bonchev–Trinajstić information content (AvgIpc) is 2.95. The molecule has 2 heterocycles. The predicted molar refractivity (Wildman–Crippen MR) is 64.8 cm³/mol. The van der Waals surface area contributed by atoms with Crippen LogP contribution in [0.25, 0.3) is 0 Å². The zero-order valence-corrected chi connectivity index (χ0v) is 10.7. The van der Waals surface area contributed by atoms with Crippen molar-refractivity contribution >= 4 is 11.9 Å². The van der Waals surface area contributed by atoms with E-state index in [0.717, 1.165) is 0 Å². The molecule has 0 aliphatic carbocycles. The fourth-order valence-electron chi connectivity index (χ4n) is 2.24. The Labute approximate surface area is 110 Å². The molecule has 1 aliphatic heterocycles. The van der Waals surface area contributed by atoms with Crippen LogP contribution in [-0.4, -0.2) is 50.0 Å². The summed E-state index contributed by atoms with van der Waals surface area (Å²) in [4.78, 5) is 24.6. The number of carboxylic acids is 1. The standard InChI is InChI=1S/C11H17N5O3/c1-7-3-15(5-9(7)11(18)19)10(17)6-16-4-8(2-12)13-14-16/h4,7,9H,2-3,5-6,12H2,1H3,(H,18,19)/t7-,9-/m1/s1. The van der Waals surface area contributed by atoms with Gasteiger partial charge in [0.05, 0.1) is 17.8 Å². The molecule has 2 atom stereocenters. The fraction of sp³-hybridized carbons (Fsp3) is 0.636. The molecule has 8 heteroatoms. The lowest BCUT2D eigenvalue weighted by atomic mass is 9.99. The lowest BCUT2D eigenvalue weighted by molar-refractivity contribution is -0.142. The van der Waals surface area contributed by atoms with Crippen molar-refractivity contribution in [2.24, 2.45) is 17.6 Å². The lowest BCUT2D eigenvalue weighted by Gasteiger charge is -2.15. The largest absolute Gasteiger partial charge is 0.481 e. The molecule has 1 aromatic heterocycles. The highest BCUT2D eigenvalue weighted by atomic mass is 16.4. The number of likely N-dealkylation sites (tertiary alicyclic amines) is 1. The molecule has 2 rings (SSSR count). The molecule has 1 amide bonds. The van der Waals surface area contributed by atoms with Crippen LogP contribution in [0.4, 0.5) is 0 Å². The van der Waals surface area contributed by atoms with E-state index < -0.39 is 11.9 Å². The van der Waals surface area contributed by atoms with E-state index in [4.69, 9.17) is 10.8 Å². The lowest BCUT2D eigenvalue weighted by Crippen LogP contribution is -2.33. The summed E-state index contributed by atoms with van der Waals surface area (Å²) in [5, 5.41) is 16.6. The van der Waals surface area contributed by atoms with Gasteiger partial charge < -0.3 is 15.7 Å². The number of rotatable bonds is 4. The normalized spacial score (nSPS) is 22.7. The van der Waals surface area contributed by atoms with Gasteiger partial charge in [-0.25, -0.2) is 4.68 Å². The Morgan fingerprint density at radius 2 is 2.26 bits per heavy atom. The van der Waals surface area contributed by atoms with Gasteiger partial charge in [0.15, 0.2) is 0 Å². The number of hydrogen-bond donors (Lipinski definition) is 2. The Kier molecular flexibility index (Phi) is 3.79. The molecule has 1 aliphatic rings. The first kappa shape index (κ1) is 13.5. The van der Waals surface area contributed by atoms with Crippen LogP contribution in [0.5, 0.6) is 0 Å². The third-order valence-corrected chi connectivity index (χ3v) is 3.37. The number of carbonyl (C=O) groups is 2. The maximum atomic E-state index is 12.0. The second kappa shape index (κ2) is 5.35. The topological polar surface area (TPSA) is 114 Å². The summed E-state index contributed by atoms with van der Waals surface area (Å²) in [6, 6.07) is 0. The molecule has 19 heavy (non-hydrogen) atoms. The van der Waals surface area contributed by atoms with Gasteiger partial charge in [0.2, 0.25) is 5.91 Å². The molecular formula is C11H17N5O3. The van der Waals surface area contributed by atoms with Crippen LogP contribution in [0.15, 0.2) is 6.20 Å². The number of hydrogen-bond acceptors (Lipinski definition) is 5. The molecule has 8 nitrogen and oxygen atoms in total. The Hall–Kier alpha value is -1.96. The van der Waals surface area contributed by atoms with Gasteiger partial charge in [-0.1, -0.05) is 12.1 Å².